The van der Waals surface area contributed by atoms with Gasteiger partial charge >= 0.3 is 11.9 Å². The average molecular weight is 723 g/mol. The van der Waals surface area contributed by atoms with E-state index in [4.69, 9.17) is 18.9 Å². The molecule has 0 aliphatic carbocycles. The van der Waals surface area contributed by atoms with Crippen LogP contribution < -0.4 is 0 Å². The topological polar surface area (TPSA) is 94.6 Å². The van der Waals surface area contributed by atoms with Crippen molar-refractivity contribution in [2.24, 2.45) is 11.8 Å². The van der Waals surface area contributed by atoms with Gasteiger partial charge in [-0.15, -0.1) is 0 Å². The van der Waals surface area contributed by atoms with E-state index in [0.29, 0.717) is 31.2 Å². The van der Waals surface area contributed by atoms with E-state index in [0.717, 1.165) is 76.5 Å². The summed E-state index contributed by atoms with van der Waals surface area (Å²) in [5.74, 6) is -0.115. The second kappa shape index (κ2) is 21.2. The number of piperidine rings is 1. The summed E-state index contributed by atoms with van der Waals surface area (Å²) < 4.78 is 24.0. The monoisotopic (exact) mass is 722 g/mol. The van der Waals surface area contributed by atoms with Gasteiger partial charge in [0.15, 0.2) is 0 Å². The molecule has 4 saturated heterocycles. The van der Waals surface area contributed by atoms with Crippen LogP contribution >= 0.6 is 0 Å². The van der Waals surface area contributed by atoms with E-state index in [2.05, 4.69) is 41.9 Å². The van der Waals surface area contributed by atoms with Crippen LogP contribution in [0.5, 0.6) is 0 Å². The summed E-state index contributed by atoms with van der Waals surface area (Å²) in [5.41, 5.74) is 0.940. The van der Waals surface area contributed by atoms with E-state index in [1.54, 1.807) is 6.08 Å². The largest absolute Gasteiger partial charge is 0.466 e. The molecule has 7 atom stereocenters. The Morgan fingerprint density at radius 3 is 2.29 bits per heavy atom. The van der Waals surface area contributed by atoms with Crippen LogP contribution in [-0.2, 0) is 33.3 Å². The van der Waals surface area contributed by atoms with Crippen LogP contribution in [-0.4, -0.2) is 97.5 Å². The van der Waals surface area contributed by atoms with Crippen molar-refractivity contribution in [2.45, 2.75) is 160 Å². The molecule has 7 unspecified atom stereocenters. The molecule has 4 fully saturated rings. The van der Waals surface area contributed by atoms with Crippen molar-refractivity contribution < 1.29 is 33.3 Å². The lowest BCUT2D eigenvalue weighted by Crippen LogP contribution is -2.47. The maximum atomic E-state index is 13.4. The van der Waals surface area contributed by atoms with Gasteiger partial charge in [-0.05, 0) is 102 Å². The van der Waals surface area contributed by atoms with Crippen LogP contribution in [0.15, 0.2) is 48.1 Å². The first-order valence-electron chi connectivity index (χ1n) is 20.6. The molecule has 0 aromatic carbocycles. The number of ether oxygens (including phenoxy) is 4. The number of carbonyl (C=O) groups is 3. The molecule has 5 aliphatic heterocycles. The quantitative estimate of drug-likeness (QED) is 0.0830. The molecule has 0 radical (unpaired) electrons. The predicted octanol–water partition coefficient (Wildman–Crippen LogP) is 7.64. The highest BCUT2D eigenvalue weighted by Gasteiger charge is 2.33. The second-order valence-corrected chi connectivity index (χ2v) is 16.0. The summed E-state index contributed by atoms with van der Waals surface area (Å²) in [7, 11) is 1.38. The summed E-state index contributed by atoms with van der Waals surface area (Å²) in [6.07, 6.45) is 29.2. The smallest absolute Gasteiger partial charge is 0.330 e. The normalized spacial score (nSPS) is 33.5. The summed E-state index contributed by atoms with van der Waals surface area (Å²) in [6.45, 7) is 8.53. The second-order valence-electron chi connectivity index (χ2n) is 16.0. The molecule has 5 heterocycles. The molecule has 1 amide bonds. The first-order valence-corrected chi connectivity index (χ1v) is 20.6. The third-order valence-corrected chi connectivity index (χ3v) is 11.7. The van der Waals surface area contributed by atoms with E-state index in [9.17, 15) is 14.4 Å². The lowest BCUT2D eigenvalue weighted by molar-refractivity contribution is -0.154. The Balaban J connectivity index is 1.13. The van der Waals surface area contributed by atoms with Crippen LogP contribution in [0.4, 0.5) is 0 Å². The summed E-state index contributed by atoms with van der Waals surface area (Å²) in [5, 5.41) is 0. The summed E-state index contributed by atoms with van der Waals surface area (Å²) >= 11 is 0. The lowest BCUT2D eigenvalue weighted by Gasteiger charge is -2.38. The third kappa shape index (κ3) is 13.3. The molecule has 52 heavy (non-hydrogen) atoms. The molecule has 0 spiro atoms. The molecule has 0 aromatic rings. The zero-order chi connectivity index (χ0) is 36.7. The first kappa shape index (κ1) is 40.4. The van der Waals surface area contributed by atoms with Gasteiger partial charge in [-0.1, -0.05) is 62.6 Å². The standard InChI is InChI=1S/C43H66N2O7/c1-32-18-19-33(2)40(16-9-5-4-6-10-17-41(46)45-24-20-35(21-25-45)44-22-11-7-8-12-23-44)52-43(48)31-39-28-34(29-42(47)49-3)27-38(51-39)30-37-15-13-14-36(26-32)50-37/h4-5,9,16,18-19,29,32-33,35-40H,6-8,10-15,17,20-28,30-31H2,1-3H3/b5-4-,16-9+,19-18+,34-29-. The predicted molar refractivity (Wildman–Crippen MR) is 203 cm³/mol. The van der Waals surface area contributed by atoms with Gasteiger partial charge in [-0.3, -0.25) is 9.59 Å². The highest BCUT2D eigenvalue weighted by atomic mass is 16.6. The van der Waals surface area contributed by atoms with Crippen molar-refractivity contribution >= 4 is 17.8 Å². The lowest BCUT2D eigenvalue weighted by atomic mass is 9.89. The van der Waals surface area contributed by atoms with Gasteiger partial charge in [0.05, 0.1) is 37.9 Å². The number of unbranched alkanes of at least 4 members (excludes halogenated alkanes) is 1. The van der Waals surface area contributed by atoms with Gasteiger partial charge in [-0.25, -0.2) is 4.79 Å². The molecule has 4 bridgehead atoms. The molecule has 9 nitrogen and oxygen atoms in total. The number of hydrogen-bond acceptors (Lipinski definition) is 8. The van der Waals surface area contributed by atoms with Gasteiger partial charge in [0.2, 0.25) is 5.91 Å². The number of fused-ring (bicyclic) bond motifs is 4. The first-order chi connectivity index (χ1) is 25.2. The SMILES string of the molecule is COC(=O)/C=C1\CC2CC(=O)OC(/C=C/C=C\CCCC(=O)N3CCC(N4CCCCCC4)CC3)C(C)/C=C/C(C)CC3CCCC(CC(C1)O2)O3. The van der Waals surface area contributed by atoms with E-state index >= 15 is 0 Å². The minimum Gasteiger partial charge on any atom is -0.466 e. The molecule has 5 rings (SSSR count). The van der Waals surface area contributed by atoms with Gasteiger partial charge in [-0.2, -0.15) is 0 Å². The van der Waals surface area contributed by atoms with E-state index in [1.807, 2.05) is 18.2 Å². The highest BCUT2D eigenvalue weighted by Crippen LogP contribution is 2.34. The Labute approximate surface area is 313 Å². The molecule has 5 aliphatic rings. The minimum absolute atomic E-state index is 0.0279. The number of nitrogens with zero attached hydrogens (tertiary/aromatic N) is 2. The van der Waals surface area contributed by atoms with Crippen molar-refractivity contribution in [3.05, 3.63) is 48.1 Å². The Hall–Kier alpha value is -2.75. The molecular formula is C43H66N2O7. The molecule has 0 N–H and O–H groups in total. The number of hydrogen-bond donors (Lipinski definition) is 0. The molecule has 0 aromatic heterocycles. The van der Waals surface area contributed by atoms with Crippen LogP contribution in [0.25, 0.3) is 0 Å². The number of allylic oxidation sites excluding steroid dienone is 4. The molecule has 9 heteroatoms. The van der Waals surface area contributed by atoms with Gasteiger partial charge in [0, 0.05) is 44.0 Å². The van der Waals surface area contributed by atoms with E-state index in [1.165, 1.54) is 45.9 Å². The summed E-state index contributed by atoms with van der Waals surface area (Å²) in [4.78, 5) is 43.2. The number of methoxy groups -OCH3 is 1. The maximum absolute atomic E-state index is 13.4. The van der Waals surface area contributed by atoms with Crippen LogP contribution in [0, 0.1) is 11.8 Å². The van der Waals surface area contributed by atoms with Crippen molar-refractivity contribution in [1.82, 2.24) is 9.80 Å². The maximum Gasteiger partial charge on any atom is 0.330 e. The van der Waals surface area contributed by atoms with Gasteiger partial charge in [0.25, 0.3) is 0 Å². The fourth-order valence-corrected chi connectivity index (χ4v) is 8.75. The average Bonchev–Trinajstić information content (AvgIpc) is 3.42. The van der Waals surface area contributed by atoms with Crippen LogP contribution in [0.3, 0.4) is 0 Å². The molecule has 0 saturated carbocycles. The van der Waals surface area contributed by atoms with Crippen molar-refractivity contribution in [1.29, 1.82) is 0 Å². The van der Waals surface area contributed by atoms with Gasteiger partial charge in [0.1, 0.15) is 6.10 Å². The van der Waals surface area contributed by atoms with Crippen LogP contribution in [0.2, 0.25) is 0 Å². The van der Waals surface area contributed by atoms with Crippen molar-refractivity contribution in [3.63, 3.8) is 0 Å². The Bertz CT molecular complexity index is 1260. The number of rotatable bonds is 8. The van der Waals surface area contributed by atoms with Crippen molar-refractivity contribution in [3.8, 4) is 0 Å². The zero-order valence-corrected chi connectivity index (χ0v) is 32.3. The number of esters is 2. The Morgan fingerprint density at radius 1 is 0.827 bits per heavy atom. The Kier molecular flexibility index (Phi) is 16.5. The Morgan fingerprint density at radius 2 is 1.54 bits per heavy atom. The van der Waals surface area contributed by atoms with E-state index in [-0.39, 0.29) is 54.6 Å². The zero-order valence-electron chi connectivity index (χ0n) is 32.3. The number of amides is 1. The van der Waals surface area contributed by atoms with Gasteiger partial charge < -0.3 is 28.7 Å². The molecule has 290 valence electrons. The number of likely N-dealkylation sites (tertiary alicyclic amines) is 2. The van der Waals surface area contributed by atoms with E-state index < -0.39 is 6.10 Å². The minimum atomic E-state index is -0.438. The fourth-order valence-electron chi connectivity index (χ4n) is 8.75. The highest BCUT2D eigenvalue weighted by molar-refractivity contribution is 5.82. The fraction of sp³-hybridized carbons (Fsp3) is 0.744. The third-order valence-electron chi connectivity index (χ3n) is 11.7. The van der Waals surface area contributed by atoms with Crippen molar-refractivity contribution in [2.75, 3.05) is 33.3 Å². The molecular weight excluding hydrogens is 656 g/mol. The number of carbonyl (C=O) groups excluding carboxylic acids is 3. The number of cyclic esters (lactones) is 1. The van der Waals surface area contributed by atoms with Crippen LogP contribution in [0.1, 0.15) is 123 Å². The summed E-state index contributed by atoms with van der Waals surface area (Å²) in [6, 6.07) is 0.645.